The van der Waals surface area contributed by atoms with Gasteiger partial charge in [0, 0.05) is 37.6 Å². The Morgan fingerprint density at radius 2 is 2.19 bits per heavy atom. The molecule has 21 heavy (non-hydrogen) atoms. The molecule has 0 bridgehead atoms. The summed E-state index contributed by atoms with van der Waals surface area (Å²) in [5.41, 5.74) is 0. The smallest absolute Gasteiger partial charge is 0.138 e. The molecule has 0 saturated carbocycles. The quantitative estimate of drug-likeness (QED) is 0.799. The van der Waals surface area contributed by atoms with Crippen LogP contribution in [0.4, 0.5) is 5.82 Å². The Morgan fingerprint density at radius 3 is 3.00 bits per heavy atom. The second kappa shape index (κ2) is 7.15. The van der Waals surface area contributed by atoms with Crippen molar-refractivity contribution in [2.75, 3.05) is 44.6 Å². The standard InChI is InChI=1S/C15H23N5S/c1-2-12-10-13-14(18-11-19-15(13)21-12)17-4-3-7-20-8-5-16-6-9-20/h10-11,16H,2-9H2,1H3,(H,17,18,19). The lowest BCUT2D eigenvalue weighted by molar-refractivity contribution is 0.240. The number of hydrogen-bond acceptors (Lipinski definition) is 6. The van der Waals surface area contributed by atoms with Crippen molar-refractivity contribution in [1.82, 2.24) is 20.2 Å². The van der Waals surface area contributed by atoms with Crippen molar-refractivity contribution >= 4 is 27.4 Å². The predicted molar refractivity (Wildman–Crippen MR) is 89.2 cm³/mol. The molecule has 0 spiro atoms. The van der Waals surface area contributed by atoms with Crippen LogP contribution in [0.2, 0.25) is 0 Å². The van der Waals surface area contributed by atoms with Gasteiger partial charge < -0.3 is 15.5 Å². The number of aryl methyl sites for hydroxylation is 1. The maximum absolute atomic E-state index is 4.40. The Balaban J connectivity index is 1.54. The zero-order chi connectivity index (χ0) is 14.5. The van der Waals surface area contributed by atoms with E-state index in [0.29, 0.717) is 0 Å². The Morgan fingerprint density at radius 1 is 1.33 bits per heavy atom. The van der Waals surface area contributed by atoms with Gasteiger partial charge in [0.1, 0.15) is 17.0 Å². The average molecular weight is 305 g/mol. The SMILES string of the molecule is CCc1cc2c(NCCCN3CCNCC3)ncnc2s1. The molecule has 0 aromatic carbocycles. The Kier molecular flexibility index (Phi) is 5.00. The third kappa shape index (κ3) is 3.70. The summed E-state index contributed by atoms with van der Waals surface area (Å²) in [7, 11) is 0. The maximum atomic E-state index is 4.40. The van der Waals surface area contributed by atoms with Gasteiger partial charge in [0.25, 0.3) is 0 Å². The van der Waals surface area contributed by atoms with E-state index in [1.807, 2.05) is 0 Å². The summed E-state index contributed by atoms with van der Waals surface area (Å²) >= 11 is 1.77. The van der Waals surface area contributed by atoms with Gasteiger partial charge in [-0.2, -0.15) is 0 Å². The highest BCUT2D eigenvalue weighted by Crippen LogP contribution is 2.28. The molecule has 0 amide bonds. The molecule has 3 heterocycles. The summed E-state index contributed by atoms with van der Waals surface area (Å²) in [6.07, 6.45) is 3.87. The molecular weight excluding hydrogens is 282 g/mol. The van der Waals surface area contributed by atoms with E-state index in [1.54, 1.807) is 17.7 Å². The first-order valence-electron chi connectivity index (χ1n) is 7.77. The van der Waals surface area contributed by atoms with Crippen molar-refractivity contribution < 1.29 is 0 Å². The number of fused-ring (bicyclic) bond motifs is 1. The van der Waals surface area contributed by atoms with Gasteiger partial charge in [-0.3, -0.25) is 0 Å². The summed E-state index contributed by atoms with van der Waals surface area (Å²) < 4.78 is 0. The van der Waals surface area contributed by atoms with Crippen molar-refractivity contribution in [3.8, 4) is 0 Å². The van der Waals surface area contributed by atoms with E-state index in [0.717, 1.165) is 49.7 Å². The zero-order valence-electron chi connectivity index (χ0n) is 12.6. The molecule has 0 radical (unpaired) electrons. The first-order valence-corrected chi connectivity index (χ1v) is 8.59. The molecule has 1 saturated heterocycles. The Hall–Kier alpha value is -1.24. The predicted octanol–water partition coefficient (Wildman–Crippen LogP) is 1.96. The van der Waals surface area contributed by atoms with Crippen molar-refractivity contribution in [3.05, 3.63) is 17.3 Å². The molecule has 1 aliphatic rings. The summed E-state index contributed by atoms with van der Waals surface area (Å²) in [4.78, 5) is 13.7. The molecule has 2 aromatic rings. The number of anilines is 1. The Bertz CT molecular complexity index is 576. The Labute approximate surface area is 129 Å². The highest BCUT2D eigenvalue weighted by Gasteiger charge is 2.10. The third-order valence-electron chi connectivity index (χ3n) is 3.88. The van der Waals surface area contributed by atoms with Crippen molar-refractivity contribution in [3.63, 3.8) is 0 Å². The number of aromatic nitrogens is 2. The second-order valence-corrected chi connectivity index (χ2v) is 6.49. The monoisotopic (exact) mass is 305 g/mol. The molecule has 2 aromatic heterocycles. The number of hydrogen-bond donors (Lipinski definition) is 2. The fourth-order valence-electron chi connectivity index (χ4n) is 2.66. The first-order chi connectivity index (χ1) is 10.4. The number of rotatable bonds is 6. The van der Waals surface area contributed by atoms with Gasteiger partial charge in [0.2, 0.25) is 0 Å². The third-order valence-corrected chi connectivity index (χ3v) is 5.07. The summed E-state index contributed by atoms with van der Waals surface area (Å²) in [6, 6.07) is 2.22. The van der Waals surface area contributed by atoms with Crippen molar-refractivity contribution in [1.29, 1.82) is 0 Å². The number of thiophene rings is 1. The molecule has 3 rings (SSSR count). The van der Waals surface area contributed by atoms with Gasteiger partial charge in [-0.1, -0.05) is 6.92 Å². The summed E-state index contributed by atoms with van der Waals surface area (Å²) in [6.45, 7) is 8.88. The largest absolute Gasteiger partial charge is 0.369 e. The van der Waals surface area contributed by atoms with Crippen LogP contribution in [0.1, 0.15) is 18.2 Å². The van der Waals surface area contributed by atoms with E-state index in [2.05, 4.69) is 38.5 Å². The highest BCUT2D eigenvalue weighted by atomic mass is 32.1. The fourth-order valence-corrected chi connectivity index (χ4v) is 3.60. The van der Waals surface area contributed by atoms with Crippen LogP contribution in [0.3, 0.4) is 0 Å². The minimum absolute atomic E-state index is 0.966. The highest BCUT2D eigenvalue weighted by molar-refractivity contribution is 7.18. The van der Waals surface area contributed by atoms with E-state index >= 15 is 0 Å². The number of piperazine rings is 1. The second-order valence-electron chi connectivity index (χ2n) is 5.38. The minimum Gasteiger partial charge on any atom is -0.369 e. The normalized spacial score (nSPS) is 16.4. The maximum Gasteiger partial charge on any atom is 0.138 e. The topological polar surface area (TPSA) is 53.1 Å². The van der Waals surface area contributed by atoms with Gasteiger partial charge in [0.15, 0.2) is 0 Å². The lowest BCUT2D eigenvalue weighted by atomic mass is 10.3. The molecule has 0 atom stereocenters. The molecule has 0 aliphatic carbocycles. The lowest BCUT2D eigenvalue weighted by Gasteiger charge is -2.27. The minimum atomic E-state index is 0.966. The van der Waals surface area contributed by atoms with Gasteiger partial charge in [0.05, 0.1) is 5.39 Å². The van der Waals surface area contributed by atoms with E-state index in [4.69, 9.17) is 0 Å². The van der Waals surface area contributed by atoms with Crippen LogP contribution in [-0.2, 0) is 6.42 Å². The van der Waals surface area contributed by atoms with Crippen LogP contribution < -0.4 is 10.6 Å². The van der Waals surface area contributed by atoms with Gasteiger partial charge in [-0.15, -0.1) is 11.3 Å². The van der Waals surface area contributed by atoms with E-state index in [9.17, 15) is 0 Å². The molecule has 1 fully saturated rings. The van der Waals surface area contributed by atoms with Gasteiger partial charge >= 0.3 is 0 Å². The van der Waals surface area contributed by atoms with Gasteiger partial charge in [-0.05, 0) is 25.5 Å². The zero-order valence-corrected chi connectivity index (χ0v) is 13.4. The van der Waals surface area contributed by atoms with Crippen LogP contribution in [0.5, 0.6) is 0 Å². The number of nitrogens with one attached hydrogen (secondary N) is 2. The average Bonchev–Trinajstić information content (AvgIpc) is 2.96. The summed E-state index contributed by atoms with van der Waals surface area (Å²) in [5.74, 6) is 0.983. The molecule has 2 N–H and O–H groups in total. The van der Waals surface area contributed by atoms with Crippen LogP contribution in [0.15, 0.2) is 12.4 Å². The summed E-state index contributed by atoms with van der Waals surface area (Å²) in [5, 5.41) is 8.03. The fraction of sp³-hybridized carbons (Fsp3) is 0.600. The molecule has 1 aliphatic heterocycles. The van der Waals surface area contributed by atoms with Crippen LogP contribution in [-0.4, -0.2) is 54.1 Å². The van der Waals surface area contributed by atoms with Gasteiger partial charge in [-0.25, -0.2) is 9.97 Å². The van der Waals surface area contributed by atoms with Crippen LogP contribution in [0, 0.1) is 0 Å². The lowest BCUT2D eigenvalue weighted by Crippen LogP contribution is -2.44. The first kappa shape index (κ1) is 14.7. The van der Waals surface area contributed by atoms with Crippen LogP contribution >= 0.6 is 11.3 Å². The van der Waals surface area contributed by atoms with E-state index in [1.165, 1.54) is 23.4 Å². The molecule has 5 nitrogen and oxygen atoms in total. The van der Waals surface area contributed by atoms with Crippen molar-refractivity contribution in [2.24, 2.45) is 0 Å². The molecule has 114 valence electrons. The molecular formula is C15H23N5S. The van der Waals surface area contributed by atoms with Crippen LogP contribution in [0.25, 0.3) is 10.2 Å². The van der Waals surface area contributed by atoms with Crippen molar-refractivity contribution in [2.45, 2.75) is 19.8 Å². The van der Waals surface area contributed by atoms with E-state index in [-0.39, 0.29) is 0 Å². The molecule has 6 heteroatoms. The van der Waals surface area contributed by atoms with E-state index < -0.39 is 0 Å². The number of nitrogens with zero attached hydrogens (tertiary/aromatic N) is 3. The molecule has 0 unspecified atom stereocenters.